The minimum atomic E-state index is -0.489. The van der Waals surface area contributed by atoms with Crippen molar-refractivity contribution >= 4 is 34.1 Å². The van der Waals surface area contributed by atoms with Crippen LogP contribution in [0.1, 0.15) is 12.5 Å². The Morgan fingerprint density at radius 3 is 2.53 bits per heavy atom. The molecular weight excluding hydrogens is 497 g/mol. The van der Waals surface area contributed by atoms with Crippen LogP contribution >= 0.6 is 22.6 Å². The number of aromatic nitrogens is 1. The van der Waals surface area contributed by atoms with E-state index in [0.29, 0.717) is 28.7 Å². The van der Waals surface area contributed by atoms with Crippen molar-refractivity contribution in [2.24, 2.45) is 0 Å². The van der Waals surface area contributed by atoms with Gasteiger partial charge in [-0.2, -0.15) is 0 Å². The lowest BCUT2D eigenvalue weighted by Crippen LogP contribution is -2.08. The van der Waals surface area contributed by atoms with Crippen molar-refractivity contribution in [1.29, 1.82) is 0 Å². The number of para-hydroxylation sites is 1. The van der Waals surface area contributed by atoms with Crippen LogP contribution in [0.3, 0.4) is 0 Å². The zero-order valence-corrected chi connectivity index (χ0v) is 18.7. The summed E-state index contributed by atoms with van der Waals surface area (Å²) in [6.07, 6.45) is 3.02. The molecule has 0 amide bonds. The lowest BCUT2D eigenvalue weighted by Gasteiger charge is -2.14. The van der Waals surface area contributed by atoms with Gasteiger partial charge in [-0.3, -0.25) is 0 Å². The smallest absolute Gasteiger partial charge is 0.342 e. The number of carbonyl (C=O) groups excluding carboxylic acids is 1. The van der Waals surface area contributed by atoms with Crippen molar-refractivity contribution in [3.63, 3.8) is 0 Å². The predicted molar refractivity (Wildman–Crippen MR) is 122 cm³/mol. The summed E-state index contributed by atoms with van der Waals surface area (Å²) in [4.78, 5) is 16.6. The Hall–Kier alpha value is -3.07. The van der Waals surface area contributed by atoms with E-state index >= 15 is 0 Å². The predicted octanol–water partition coefficient (Wildman–Crippen LogP) is 5.82. The fraction of sp³-hybridized carbons (Fsp3) is 0.130. The average molecular weight is 517 g/mol. The van der Waals surface area contributed by atoms with Crippen LogP contribution in [-0.4, -0.2) is 24.7 Å². The molecule has 0 spiro atoms. The molecule has 3 rings (SSSR count). The standard InChI is InChI=1S/C23H20INO5/c1-3-28-23(26)19(15-27-2)18-10-4-5-12-21(18)29-16-8-6-9-17(14-16)30-22-20(24)11-7-13-25-22/h4-15H,3H2,1-2H3/b19-15+. The third-order valence-corrected chi connectivity index (χ3v) is 4.70. The van der Waals surface area contributed by atoms with Crippen molar-refractivity contribution < 1.29 is 23.7 Å². The van der Waals surface area contributed by atoms with Gasteiger partial charge >= 0.3 is 5.97 Å². The molecule has 0 aliphatic rings. The van der Waals surface area contributed by atoms with Crippen LogP contribution in [0.25, 0.3) is 5.57 Å². The molecule has 1 heterocycles. The van der Waals surface area contributed by atoms with Gasteiger partial charge < -0.3 is 18.9 Å². The second-order valence-electron chi connectivity index (χ2n) is 5.95. The van der Waals surface area contributed by atoms with Gasteiger partial charge in [-0.15, -0.1) is 0 Å². The number of methoxy groups -OCH3 is 1. The normalized spacial score (nSPS) is 11.0. The van der Waals surface area contributed by atoms with Gasteiger partial charge in [0.15, 0.2) is 0 Å². The third-order valence-electron chi connectivity index (χ3n) is 3.88. The third kappa shape index (κ3) is 5.50. The summed E-state index contributed by atoms with van der Waals surface area (Å²) in [5, 5.41) is 0. The fourth-order valence-corrected chi connectivity index (χ4v) is 3.07. The Morgan fingerprint density at radius 2 is 1.80 bits per heavy atom. The Labute approximate surface area is 188 Å². The lowest BCUT2D eigenvalue weighted by atomic mass is 10.1. The number of ether oxygens (including phenoxy) is 4. The summed E-state index contributed by atoms with van der Waals surface area (Å²) < 4.78 is 23.1. The first kappa shape index (κ1) is 21.6. The highest BCUT2D eigenvalue weighted by Gasteiger charge is 2.18. The van der Waals surface area contributed by atoms with Gasteiger partial charge in [-0.1, -0.05) is 24.3 Å². The van der Waals surface area contributed by atoms with Crippen LogP contribution in [0.5, 0.6) is 23.1 Å². The second-order valence-corrected chi connectivity index (χ2v) is 7.12. The molecule has 0 fully saturated rings. The van der Waals surface area contributed by atoms with E-state index in [0.717, 1.165) is 3.57 Å². The molecule has 1 aromatic heterocycles. The van der Waals surface area contributed by atoms with Gasteiger partial charge in [0.1, 0.15) is 22.8 Å². The maximum Gasteiger partial charge on any atom is 0.342 e. The first-order valence-corrected chi connectivity index (χ1v) is 10.3. The Morgan fingerprint density at radius 1 is 1.03 bits per heavy atom. The van der Waals surface area contributed by atoms with E-state index in [4.69, 9.17) is 18.9 Å². The maximum atomic E-state index is 12.4. The summed E-state index contributed by atoms with van der Waals surface area (Å²) in [6.45, 7) is 2.01. The van der Waals surface area contributed by atoms with Gasteiger partial charge in [-0.05, 0) is 59.8 Å². The minimum Gasteiger partial charge on any atom is -0.503 e. The number of esters is 1. The van der Waals surface area contributed by atoms with E-state index in [9.17, 15) is 4.79 Å². The van der Waals surface area contributed by atoms with Crippen LogP contribution in [-0.2, 0) is 14.3 Å². The molecule has 0 aliphatic heterocycles. The molecule has 0 saturated carbocycles. The number of rotatable bonds is 8. The van der Waals surface area contributed by atoms with Crippen molar-refractivity contribution in [1.82, 2.24) is 4.98 Å². The van der Waals surface area contributed by atoms with E-state index < -0.39 is 5.97 Å². The molecule has 0 bridgehead atoms. The van der Waals surface area contributed by atoms with Gasteiger partial charge in [0, 0.05) is 17.8 Å². The second kappa shape index (κ2) is 10.6. The molecule has 6 nitrogen and oxygen atoms in total. The van der Waals surface area contributed by atoms with E-state index in [1.165, 1.54) is 13.4 Å². The first-order valence-electron chi connectivity index (χ1n) is 9.18. The monoisotopic (exact) mass is 517 g/mol. The average Bonchev–Trinajstić information content (AvgIpc) is 2.75. The van der Waals surface area contributed by atoms with Crippen LogP contribution < -0.4 is 9.47 Å². The summed E-state index contributed by atoms with van der Waals surface area (Å²) in [7, 11) is 1.47. The highest BCUT2D eigenvalue weighted by Crippen LogP contribution is 2.33. The van der Waals surface area contributed by atoms with E-state index in [1.54, 1.807) is 37.4 Å². The summed E-state index contributed by atoms with van der Waals surface area (Å²) >= 11 is 2.17. The quantitative estimate of drug-likeness (QED) is 0.162. The highest BCUT2D eigenvalue weighted by atomic mass is 127. The van der Waals surface area contributed by atoms with Crippen molar-refractivity contribution in [2.45, 2.75) is 6.92 Å². The Bertz CT molecular complexity index is 1050. The number of nitrogens with zero attached hydrogens (tertiary/aromatic N) is 1. The maximum absolute atomic E-state index is 12.4. The molecule has 0 atom stereocenters. The minimum absolute atomic E-state index is 0.259. The number of benzene rings is 2. The molecule has 0 N–H and O–H groups in total. The van der Waals surface area contributed by atoms with Crippen molar-refractivity contribution in [2.75, 3.05) is 13.7 Å². The molecule has 3 aromatic rings. The molecule has 2 aromatic carbocycles. The molecule has 0 unspecified atom stereocenters. The molecule has 30 heavy (non-hydrogen) atoms. The summed E-state index contributed by atoms with van der Waals surface area (Å²) in [6, 6.07) is 18.1. The lowest BCUT2D eigenvalue weighted by molar-refractivity contribution is -0.136. The van der Waals surface area contributed by atoms with Gasteiger partial charge in [0.05, 0.1) is 23.5 Å². The fourth-order valence-electron chi connectivity index (χ4n) is 2.61. The molecule has 0 aliphatic carbocycles. The first-order chi connectivity index (χ1) is 14.6. The Kier molecular flexibility index (Phi) is 7.67. The van der Waals surface area contributed by atoms with Crippen molar-refractivity contribution in [3.8, 4) is 23.1 Å². The number of halogens is 1. The summed E-state index contributed by atoms with van der Waals surface area (Å²) in [5.74, 6) is 1.64. The van der Waals surface area contributed by atoms with Crippen LogP contribution in [0.2, 0.25) is 0 Å². The largest absolute Gasteiger partial charge is 0.503 e. The number of pyridine rings is 1. The Balaban J connectivity index is 1.88. The van der Waals surface area contributed by atoms with E-state index in [1.807, 2.05) is 36.4 Å². The zero-order valence-electron chi connectivity index (χ0n) is 16.5. The van der Waals surface area contributed by atoms with E-state index in [-0.39, 0.29) is 12.2 Å². The van der Waals surface area contributed by atoms with Gasteiger partial charge in [0.2, 0.25) is 5.88 Å². The van der Waals surface area contributed by atoms with Gasteiger partial charge in [0.25, 0.3) is 0 Å². The molecule has 0 saturated heterocycles. The topological polar surface area (TPSA) is 66.9 Å². The van der Waals surface area contributed by atoms with Crippen LogP contribution in [0.4, 0.5) is 0 Å². The van der Waals surface area contributed by atoms with Gasteiger partial charge in [-0.25, -0.2) is 9.78 Å². The number of hydrogen-bond acceptors (Lipinski definition) is 6. The zero-order chi connectivity index (χ0) is 21.3. The van der Waals surface area contributed by atoms with Crippen LogP contribution in [0, 0.1) is 3.57 Å². The highest BCUT2D eigenvalue weighted by molar-refractivity contribution is 14.1. The van der Waals surface area contributed by atoms with E-state index in [2.05, 4.69) is 27.6 Å². The number of hydrogen-bond donors (Lipinski definition) is 0. The molecule has 0 radical (unpaired) electrons. The molecular formula is C23H20INO5. The SMILES string of the molecule is CCOC(=O)/C(=C/OC)c1ccccc1Oc1cccc(Oc2ncccc2I)c1. The molecule has 154 valence electrons. The number of carbonyl (C=O) groups is 1. The molecule has 7 heteroatoms. The van der Waals surface area contributed by atoms with Crippen molar-refractivity contribution in [3.05, 3.63) is 82.3 Å². The summed E-state index contributed by atoms with van der Waals surface area (Å²) in [5.41, 5.74) is 0.828. The van der Waals surface area contributed by atoms with Crippen LogP contribution in [0.15, 0.2) is 73.1 Å².